The van der Waals surface area contributed by atoms with Gasteiger partial charge in [-0.15, -0.1) is 0 Å². The van der Waals surface area contributed by atoms with Crippen LogP contribution in [0.5, 0.6) is 5.88 Å². The van der Waals surface area contributed by atoms with E-state index in [2.05, 4.69) is 15.4 Å². The summed E-state index contributed by atoms with van der Waals surface area (Å²) in [6.07, 6.45) is -6.03. The Labute approximate surface area is 190 Å². The number of unbranched alkanes of at least 4 members (excludes halogenated alkanes) is 1. The predicted octanol–water partition coefficient (Wildman–Crippen LogP) is 5.41. The number of nitrogens with one attached hydrogen (secondary N) is 1. The summed E-state index contributed by atoms with van der Waals surface area (Å²) in [5.41, 5.74) is -3.50. The molecule has 0 spiro atoms. The molecule has 1 aromatic carbocycles. The van der Waals surface area contributed by atoms with Crippen LogP contribution < -0.4 is 10.1 Å². The Morgan fingerprint density at radius 1 is 1.09 bits per heavy atom. The number of amides is 1. The summed E-state index contributed by atoms with van der Waals surface area (Å²) in [6, 6.07) is 6.44. The molecular weight excluding hydrogens is 466 g/mol. The molecular formula is C22H20F6N4O2. The summed E-state index contributed by atoms with van der Waals surface area (Å²) in [5.74, 6) is -0.860. The minimum atomic E-state index is -5.07. The Hall–Kier alpha value is -3.57. The van der Waals surface area contributed by atoms with E-state index in [9.17, 15) is 31.1 Å². The van der Waals surface area contributed by atoms with E-state index in [1.807, 2.05) is 6.92 Å². The molecule has 0 saturated heterocycles. The van der Waals surface area contributed by atoms with Crippen molar-refractivity contribution in [3.63, 3.8) is 0 Å². The predicted molar refractivity (Wildman–Crippen MR) is 109 cm³/mol. The van der Waals surface area contributed by atoms with Crippen molar-refractivity contribution in [3.05, 3.63) is 71.2 Å². The van der Waals surface area contributed by atoms with Crippen LogP contribution in [0, 0.1) is 0 Å². The molecule has 0 atom stereocenters. The van der Waals surface area contributed by atoms with Gasteiger partial charge in [-0.3, -0.25) is 4.79 Å². The van der Waals surface area contributed by atoms with E-state index in [0.717, 1.165) is 31.0 Å². The highest BCUT2D eigenvalue weighted by Crippen LogP contribution is 2.35. The second kappa shape index (κ2) is 10.1. The van der Waals surface area contributed by atoms with Gasteiger partial charge >= 0.3 is 12.4 Å². The third-order valence-corrected chi connectivity index (χ3v) is 4.73. The first-order chi connectivity index (χ1) is 16.0. The first kappa shape index (κ1) is 25.1. The van der Waals surface area contributed by atoms with Crippen molar-refractivity contribution >= 4 is 5.91 Å². The highest BCUT2D eigenvalue weighted by Gasteiger charge is 2.41. The summed E-state index contributed by atoms with van der Waals surface area (Å²) < 4.78 is 86.3. The van der Waals surface area contributed by atoms with Crippen molar-refractivity contribution in [3.8, 4) is 11.6 Å². The van der Waals surface area contributed by atoms with E-state index >= 15 is 0 Å². The maximum atomic E-state index is 13.8. The standard InChI is InChI=1S/C22H20F6N4O2/c1-2-3-10-34-20-14(6-5-9-29-20)12-30-19(33)17-13-31-32(18(17)22(26,27)28)16-8-4-7-15(11-16)21(23,24)25/h4-9,11,13H,2-3,10,12H2,1H3,(H,30,33). The van der Waals surface area contributed by atoms with Gasteiger partial charge in [0.25, 0.3) is 5.91 Å². The van der Waals surface area contributed by atoms with E-state index < -0.39 is 40.8 Å². The molecule has 6 nitrogen and oxygen atoms in total. The van der Waals surface area contributed by atoms with E-state index in [-0.39, 0.29) is 17.1 Å². The molecule has 0 unspecified atom stereocenters. The number of pyridine rings is 1. The lowest BCUT2D eigenvalue weighted by molar-refractivity contribution is -0.143. The number of carbonyl (C=O) groups excluding carboxylic acids is 1. The van der Waals surface area contributed by atoms with Crippen LogP contribution in [0.2, 0.25) is 0 Å². The molecule has 0 aliphatic carbocycles. The average Bonchev–Trinajstić information content (AvgIpc) is 3.24. The summed E-state index contributed by atoms with van der Waals surface area (Å²) >= 11 is 0. The van der Waals surface area contributed by atoms with Crippen molar-refractivity contribution in [1.29, 1.82) is 0 Å². The fourth-order valence-corrected chi connectivity index (χ4v) is 3.07. The zero-order valence-electron chi connectivity index (χ0n) is 17.9. The van der Waals surface area contributed by atoms with Crippen LogP contribution in [0.25, 0.3) is 5.69 Å². The van der Waals surface area contributed by atoms with Crippen LogP contribution in [0.1, 0.15) is 46.9 Å². The topological polar surface area (TPSA) is 69.0 Å². The van der Waals surface area contributed by atoms with Crippen LogP contribution in [0.4, 0.5) is 26.3 Å². The number of ether oxygens (including phenoxy) is 1. The van der Waals surface area contributed by atoms with E-state index in [1.54, 1.807) is 12.1 Å². The second-order valence-corrected chi connectivity index (χ2v) is 7.22. The summed E-state index contributed by atoms with van der Waals surface area (Å²) in [5, 5.41) is 5.92. The van der Waals surface area contributed by atoms with Crippen LogP contribution in [0.15, 0.2) is 48.8 Å². The number of hydrogen-bond acceptors (Lipinski definition) is 4. The molecule has 0 aliphatic heterocycles. The first-order valence-electron chi connectivity index (χ1n) is 10.2. The van der Waals surface area contributed by atoms with Crippen LogP contribution in [0.3, 0.4) is 0 Å². The van der Waals surface area contributed by atoms with Crippen LogP contribution in [-0.2, 0) is 18.9 Å². The van der Waals surface area contributed by atoms with Crippen molar-refractivity contribution in [2.75, 3.05) is 6.61 Å². The van der Waals surface area contributed by atoms with Crippen molar-refractivity contribution in [1.82, 2.24) is 20.1 Å². The molecule has 0 radical (unpaired) electrons. The van der Waals surface area contributed by atoms with Gasteiger partial charge in [0, 0.05) is 18.3 Å². The van der Waals surface area contributed by atoms with E-state index in [4.69, 9.17) is 4.74 Å². The van der Waals surface area contributed by atoms with E-state index in [0.29, 0.717) is 24.4 Å². The zero-order valence-corrected chi connectivity index (χ0v) is 17.9. The minimum absolute atomic E-state index is 0.180. The third-order valence-electron chi connectivity index (χ3n) is 4.73. The number of carbonyl (C=O) groups is 1. The van der Waals surface area contributed by atoms with Gasteiger partial charge in [0.15, 0.2) is 5.69 Å². The molecule has 182 valence electrons. The highest BCUT2D eigenvalue weighted by atomic mass is 19.4. The molecule has 1 N–H and O–H groups in total. The molecule has 0 saturated carbocycles. The molecule has 1 amide bonds. The normalized spacial score (nSPS) is 12.0. The molecule has 2 heterocycles. The Bertz CT molecular complexity index is 1140. The Kier molecular flexibility index (Phi) is 7.48. The van der Waals surface area contributed by atoms with Gasteiger partial charge in [-0.1, -0.05) is 25.5 Å². The van der Waals surface area contributed by atoms with Gasteiger partial charge < -0.3 is 10.1 Å². The van der Waals surface area contributed by atoms with Crippen LogP contribution in [-0.4, -0.2) is 27.3 Å². The lowest BCUT2D eigenvalue weighted by Gasteiger charge is -2.14. The summed E-state index contributed by atoms with van der Waals surface area (Å²) in [6.45, 7) is 2.18. The van der Waals surface area contributed by atoms with Gasteiger partial charge in [0.2, 0.25) is 5.88 Å². The first-order valence-corrected chi connectivity index (χ1v) is 10.2. The Morgan fingerprint density at radius 3 is 2.53 bits per heavy atom. The van der Waals surface area contributed by atoms with Gasteiger partial charge in [-0.2, -0.15) is 31.4 Å². The number of hydrogen-bond donors (Lipinski definition) is 1. The molecule has 3 rings (SSSR count). The Balaban J connectivity index is 1.88. The molecule has 3 aromatic rings. The van der Waals surface area contributed by atoms with Gasteiger partial charge in [-0.05, 0) is 30.7 Å². The molecule has 2 aromatic heterocycles. The maximum absolute atomic E-state index is 13.8. The van der Waals surface area contributed by atoms with Gasteiger partial charge in [-0.25, -0.2) is 9.67 Å². The maximum Gasteiger partial charge on any atom is 0.434 e. The fraction of sp³-hybridized carbons (Fsp3) is 0.318. The SMILES string of the molecule is CCCCOc1ncccc1CNC(=O)c1cnn(-c2cccc(C(F)(F)F)c2)c1C(F)(F)F. The van der Waals surface area contributed by atoms with Gasteiger partial charge in [0.05, 0.1) is 29.6 Å². The highest BCUT2D eigenvalue weighted by molar-refractivity contribution is 5.95. The van der Waals surface area contributed by atoms with Crippen molar-refractivity contribution in [2.45, 2.75) is 38.7 Å². The van der Waals surface area contributed by atoms with Gasteiger partial charge in [0.1, 0.15) is 0 Å². The molecule has 34 heavy (non-hydrogen) atoms. The molecule has 0 bridgehead atoms. The zero-order chi connectivity index (χ0) is 24.9. The number of alkyl halides is 6. The monoisotopic (exact) mass is 486 g/mol. The summed E-state index contributed by atoms with van der Waals surface area (Å²) in [7, 11) is 0. The number of nitrogens with zero attached hydrogens (tertiary/aromatic N) is 3. The quantitative estimate of drug-likeness (QED) is 0.341. The number of benzene rings is 1. The minimum Gasteiger partial charge on any atom is -0.477 e. The van der Waals surface area contributed by atoms with Crippen LogP contribution >= 0.6 is 0 Å². The fourth-order valence-electron chi connectivity index (χ4n) is 3.07. The number of halogens is 6. The second-order valence-electron chi connectivity index (χ2n) is 7.22. The average molecular weight is 486 g/mol. The smallest absolute Gasteiger partial charge is 0.434 e. The molecule has 0 aliphatic rings. The lowest BCUT2D eigenvalue weighted by atomic mass is 10.1. The Morgan fingerprint density at radius 2 is 1.85 bits per heavy atom. The number of aromatic nitrogens is 3. The third kappa shape index (κ3) is 5.86. The van der Waals surface area contributed by atoms with Crippen molar-refractivity contribution < 1.29 is 35.9 Å². The molecule has 12 heteroatoms. The van der Waals surface area contributed by atoms with Crippen molar-refractivity contribution in [2.24, 2.45) is 0 Å². The molecule has 0 fully saturated rings. The number of rotatable bonds is 8. The lowest BCUT2D eigenvalue weighted by Crippen LogP contribution is -2.26. The van der Waals surface area contributed by atoms with E-state index in [1.165, 1.54) is 6.20 Å². The summed E-state index contributed by atoms with van der Waals surface area (Å²) in [4.78, 5) is 16.7. The largest absolute Gasteiger partial charge is 0.477 e.